The van der Waals surface area contributed by atoms with Crippen LogP contribution in [0.5, 0.6) is 0 Å². The van der Waals surface area contributed by atoms with Gasteiger partial charge in [-0.25, -0.2) is 0 Å². The third-order valence-electron chi connectivity index (χ3n) is 8.08. The first-order valence-corrected chi connectivity index (χ1v) is 12.9. The van der Waals surface area contributed by atoms with Crippen LogP contribution in [0, 0.1) is 6.92 Å². The van der Waals surface area contributed by atoms with Crippen LogP contribution in [-0.4, -0.2) is 0 Å². The zero-order valence-corrected chi connectivity index (χ0v) is 20.5. The van der Waals surface area contributed by atoms with Crippen molar-refractivity contribution in [1.29, 1.82) is 0 Å². The third-order valence-corrected chi connectivity index (χ3v) is 8.08. The van der Waals surface area contributed by atoms with Gasteiger partial charge in [0.15, 0.2) is 0 Å². The van der Waals surface area contributed by atoms with Crippen molar-refractivity contribution < 1.29 is 0 Å². The number of fused-ring (bicyclic) bond motifs is 4. The predicted molar refractivity (Wildman–Crippen MR) is 152 cm³/mol. The fraction of sp³-hybridized carbons (Fsp3) is 0.111. The number of rotatable bonds is 3. The highest BCUT2D eigenvalue weighted by Crippen LogP contribution is 2.59. The topological polar surface area (TPSA) is 0 Å². The van der Waals surface area contributed by atoms with Crippen LogP contribution in [0.3, 0.4) is 0 Å². The number of aryl methyl sites for hydroxylation is 1. The molecule has 0 heteroatoms. The lowest BCUT2D eigenvalue weighted by molar-refractivity contribution is 0.693. The molecule has 0 aromatic heterocycles. The summed E-state index contributed by atoms with van der Waals surface area (Å²) in [6.45, 7) is 2.16. The molecule has 1 unspecified atom stereocenters. The lowest BCUT2D eigenvalue weighted by Crippen LogP contribution is -2.30. The van der Waals surface area contributed by atoms with E-state index >= 15 is 0 Å². The van der Waals surface area contributed by atoms with E-state index in [1.54, 1.807) is 0 Å². The van der Waals surface area contributed by atoms with Crippen molar-refractivity contribution in [2.45, 2.75) is 25.2 Å². The Morgan fingerprint density at radius 1 is 0.639 bits per heavy atom. The molecule has 0 aliphatic heterocycles. The van der Waals surface area contributed by atoms with Crippen molar-refractivity contribution in [2.75, 3.05) is 0 Å². The second kappa shape index (κ2) is 8.21. The first-order chi connectivity index (χ1) is 17.8. The van der Waals surface area contributed by atoms with Gasteiger partial charge in [0.2, 0.25) is 0 Å². The number of allylic oxidation sites excluding steroid dienone is 4. The van der Waals surface area contributed by atoms with Gasteiger partial charge in [0.1, 0.15) is 0 Å². The summed E-state index contributed by atoms with van der Waals surface area (Å²) in [4.78, 5) is 0. The van der Waals surface area contributed by atoms with Gasteiger partial charge in [0.05, 0.1) is 5.41 Å². The highest BCUT2D eigenvalue weighted by atomic mass is 14.5. The quantitative estimate of drug-likeness (QED) is 0.251. The summed E-state index contributed by atoms with van der Waals surface area (Å²) in [6.07, 6.45) is 9.06. The van der Waals surface area contributed by atoms with Crippen molar-refractivity contribution in [3.05, 3.63) is 155 Å². The van der Waals surface area contributed by atoms with E-state index in [4.69, 9.17) is 0 Å². The van der Waals surface area contributed by atoms with E-state index in [0.29, 0.717) is 0 Å². The first kappa shape index (κ1) is 21.1. The molecular formula is C36H28. The molecule has 0 radical (unpaired) electrons. The molecule has 172 valence electrons. The molecule has 0 bridgehead atoms. The van der Waals surface area contributed by atoms with Crippen LogP contribution in [0.1, 0.15) is 35.1 Å². The maximum atomic E-state index is 2.37. The molecule has 2 aliphatic carbocycles. The van der Waals surface area contributed by atoms with Crippen LogP contribution in [0.4, 0.5) is 0 Å². The van der Waals surface area contributed by atoms with Crippen molar-refractivity contribution in [1.82, 2.24) is 0 Å². The molecule has 0 spiro atoms. The summed E-state index contributed by atoms with van der Waals surface area (Å²) < 4.78 is 0. The molecule has 5 aromatic rings. The minimum Gasteiger partial charge on any atom is -0.0842 e. The summed E-state index contributed by atoms with van der Waals surface area (Å²) >= 11 is 0. The molecule has 0 N–H and O–H groups in total. The van der Waals surface area contributed by atoms with Gasteiger partial charge in [-0.05, 0) is 75.5 Å². The predicted octanol–water partition coefficient (Wildman–Crippen LogP) is 9.41. The molecule has 0 heterocycles. The average molecular weight is 461 g/mol. The Labute approximate surface area is 213 Å². The fourth-order valence-corrected chi connectivity index (χ4v) is 6.55. The van der Waals surface area contributed by atoms with E-state index in [1.807, 2.05) is 0 Å². The molecule has 0 nitrogen and oxygen atoms in total. The number of benzene rings is 5. The molecule has 7 rings (SSSR count). The Morgan fingerprint density at radius 2 is 1.39 bits per heavy atom. The summed E-state index contributed by atoms with van der Waals surface area (Å²) in [5.41, 5.74) is 12.0. The third kappa shape index (κ3) is 3.01. The Hall–Kier alpha value is -4.16. The summed E-state index contributed by atoms with van der Waals surface area (Å²) in [6, 6.07) is 40.8. The van der Waals surface area contributed by atoms with Crippen LogP contribution in [0.2, 0.25) is 0 Å². The van der Waals surface area contributed by atoms with E-state index in [0.717, 1.165) is 12.8 Å². The molecular weight excluding hydrogens is 432 g/mol. The van der Waals surface area contributed by atoms with Crippen LogP contribution >= 0.6 is 0 Å². The highest BCUT2D eigenvalue weighted by molar-refractivity contribution is 5.97. The van der Waals surface area contributed by atoms with Gasteiger partial charge >= 0.3 is 0 Å². The molecule has 2 aliphatic rings. The Bertz CT molecular complexity index is 1680. The van der Waals surface area contributed by atoms with Crippen molar-refractivity contribution in [3.63, 3.8) is 0 Å². The first-order valence-electron chi connectivity index (χ1n) is 12.9. The van der Waals surface area contributed by atoms with Crippen molar-refractivity contribution in [2.24, 2.45) is 0 Å². The smallest absolute Gasteiger partial charge is 0.0676 e. The van der Waals surface area contributed by atoms with E-state index < -0.39 is 0 Å². The molecule has 36 heavy (non-hydrogen) atoms. The van der Waals surface area contributed by atoms with Crippen LogP contribution in [0.25, 0.3) is 33.0 Å². The lowest BCUT2D eigenvalue weighted by atomic mass is 9.65. The monoisotopic (exact) mass is 460 g/mol. The Balaban J connectivity index is 1.57. The summed E-state index contributed by atoms with van der Waals surface area (Å²) in [7, 11) is 0. The lowest BCUT2D eigenvalue weighted by Gasteiger charge is -2.36. The summed E-state index contributed by atoms with van der Waals surface area (Å²) in [5.74, 6) is 0. The van der Waals surface area contributed by atoms with Crippen LogP contribution in [0.15, 0.2) is 133 Å². The largest absolute Gasteiger partial charge is 0.0842 e. The maximum absolute atomic E-state index is 2.37. The molecule has 0 fully saturated rings. The molecule has 0 saturated carbocycles. The average Bonchev–Trinajstić information content (AvgIpc) is 3.25. The van der Waals surface area contributed by atoms with Crippen LogP contribution in [-0.2, 0) is 5.41 Å². The van der Waals surface area contributed by atoms with E-state index in [1.165, 1.54) is 60.9 Å². The molecule has 0 saturated heterocycles. The second-order valence-electron chi connectivity index (χ2n) is 10.1. The number of hydrogen-bond acceptors (Lipinski definition) is 0. The normalized spacial score (nSPS) is 18.1. The highest BCUT2D eigenvalue weighted by Gasteiger charge is 2.47. The van der Waals surface area contributed by atoms with Gasteiger partial charge in [0.25, 0.3) is 0 Å². The maximum Gasteiger partial charge on any atom is 0.0676 e. The van der Waals surface area contributed by atoms with Crippen molar-refractivity contribution >= 4 is 10.8 Å². The Morgan fingerprint density at radius 3 is 2.25 bits per heavy atom. The molecule has 5 aromatic carbocycles. The van der Waals surface area contributed by atoms with Gasteiger partial charge in [-0.15, -0.1) is 0 Å². The van der Waals surface area contributed by atoms with Gasteiger partial charge in [0, 0.05) is 0 Å². The zero-order valence-electron chi connectivity index (χ0n) is 20.5. The van der Waals surface area contributed by atoms with E-state index in [-0.39, 0.29) is 5.41 Å². The summed E-state index contributed by atoms with van der Waals surface area (Å²) in [5, 5.41) is 2.58. The van der Waals surface area contributed by atoms with Gasteiger partial charge < -0.3 is 0 Å². The SMILES string of the molecule is Cc1ccc2cc(-c3cccc4c3-c3ccccc3C4(C3=CC=CCC3)c3ccccc3)ccc2c1. The van der Waals surface area contributed by atoms with Crippen molar-refractivity contribution in [3.8, 4) is 22.3 Å². The standard InChI is InChI=1S/C36H28/c1-25-19-20-27-24-28(22-21-26(27)23-25)31-16-10-18-34-35(31)32-15-8-9-17-33(32)36(34,29-11-4-2-5-12-29)30-13-6-3-7-14-30/h2-6,8-13,15-24H,7,14H2,1H3. The molecule has 1 atom stereocenters. The van der Waals surface area contributed by atoms with E-state index in [2.05, 4.69) is 134 Å². The van der Waals surface area contributed by atoms with Gasteiger partial charge in [-0.1, -0.05) is 132 Å². The second-order valence-corrected chi connectivity index (χ2v) is 10.1. The van der Waals surface area contributed by atoms with Crippen LogP contribution < -0.4 is 0 Å². The minimum absolute atomic E-state index is 0.276. The van der Waals surface area contributed by atoms with Gasteiger partial charge in [-0.3, -0.25) is 0 Å². The number of hydrogen-bond donors (Lipinski definition) is 0. The molecule has 0 amide bonds. The fourth-order valence-electron chi connectivity index (χ4n) is 6.55. The van der Waals surface area contributed by atoms with E-state index in [9.17, 15) is 0 Å². The zero-order chi connectivity index (χ0) is 24.1. The minimum atomic E-state index is -0.276. The Kier molecular flexibility index (Phi) is 4.82. The van der Waals surface area contributed by atoms with Gasteiger partial charge in [-0.2, -0.15) is 0 Å².